The number of hydrogen-bond acceptors (Lipinski definition) is 4. The lowest BCUT2D eigenvalue weighted by molar-refractivity contribution is 0.316. The highest BCUT2D eigenvalue weighted by molar-refractivity contribution is 7.89. The quantitative estimate of drug-likeness (QED) is 0.472. The lowest BCUT2D eigenvalue weighted by Crippen LogP contribution is -2.41. The van der Waals surface area contributed by atoms with Crippen molar-refractivity contribution in [3.05, 3.63) is 35.6 Å². The van der Waals surface area contributed by atoms with Crippen molar-refractivity contribution < 1.29 is 12.8 Å². The Labute approximate surface area is 160 Å². The molecule has 1 aliphatic rings. The summed E-state index contributed by atoms with van der Waals surface area (Å²) in [5, 5.41) is 7.31. The van der Waals surface area contributed by atoms with Crippen LogP contribution in [0.4, 0.5) is 0 Å². The Morgan fingerprint density at radius 1 is 1.26 bits per heavy atom. The molecule has 0 atom stereocenters. The molecule has 0 radical (unpaired) electrons. The minimum Gasteiger partial charge on any atom is -0.459 e. The van der Waals surface area contributed by atoms with E-state index in [0.29, 0.717) is 31.5 Å². The van der Waals surface area contributed by atoms with Gasteiger partial charge >= 0.3 is 0 Å². The van der Waals surface area contributed by atoms with Crippen LogP contribution in [0.5, 0.6) is 0 Å². The lowest BCUT2D eigenvalue weighted by atomic mass is 9.86. The van der Waals surface area contributed by atoms with Crippen molar-refractivity contribution in [1.82, 2.24) is 15.4 Å². The Bertz CT molecular complexity index is 901. The maximum absolute atomic E-state index is 12.0. The number of aliphatic imine (C=N–C) groups is 1. The molecule has 7 nitrogen and oxygen atoms in total. The second-order valence-electron chi connectivity index (χ2n) is 6.96. The topological polar surface area (TPSA) is 95.7 Å². The van der Waals surface area contributed by atoms with E-state index in [1.165, 1.54) is 6.42 Å². The SMILES string of the molecule is CN=C(NCCS(=O)(=O)NCC1CCC1)NCc1oc2ccccc2c1C. The van der Waals surface area contributed by atoms with E-state index in [-0.39, 0.29) is 5.75 Å². The number of aryl methyl sites for hydroxylation is 1. The molecule has 0 saturated heterocycles. The molecule has 3 rings (SSSR count). The Hall–Kier alpha value is -2.06. The largest absolute Gasteiger partial charge is 0.459 e. The number of para-hydroxylation sites is 1. The molecule has 0 spiro atoms. The predicted molar refractivity (Wildman–Crippen MR) is 108 cm³/mol. The van der Waals surface area contributed by atoms with Crippen molar-refractivity contribution in [1.29, 1.82) is 0 Å². The van der Waals surface area contributed by atoms with Gasteiger partial charge in [0.05, 0.1) is 12.3 Å². The van der Waals surface area contributed by atoms with Crippen LogP contribution in [0, 0.1) is 12.8 Å². The first-order chi connectivity index (χ1) is 13.0. The van der Waals surface area contributed by atoms with Gasteiger partial charge in [0.1, 0.15) is 11.3 Å². The summed E-state index contributed by atoms with van der Waals surface area (Å²) < 4.78 is 32.6. The van der Waals surface area contributed by atoms with E-state index in [1.54, 1.807) is 7.05 Å². The fourth-order valence-corrected chi connectivity index (χ4v) is 4.10. The van der Waals surface area contributed by atoms with Crippen molar-refractivity contribution in [3.8, 4) is 0 Å². The molecule has 1 aromatic heterocycles. The summed E-state index contributed by atoms with van der Waals surface area (Å²) in [7, 11) is -1.60. The lowest BCUT2D eigenvalue weighted by Gasteiger charge is -2.25. The van der Waals surface area contributed by atoms with E-state index in [4.69, 9.17) is 4.42 Å². The van der Waals surface area contributed by atoms with Gasteiger partial charge in [0.2, 0.25) is 10.0 Å². The molecule has 1 heterocycles. The summed E-state index contributed by atoms with van der Waals surface area (Å²) in [6.07, 6.45) is 3.46. The van der Waals surface area contributed by atoms with Crippen LogP contribution in [0.15, 0.2) is 33.7 Å². The molecule has 0 aliphatic heterocycles. The number of benzene rings is 1. The van der Waals surface area contributed by atoms with Crippen LogP contribution in [0.25, 0.3) is 11.0 Å². The molecule has 0 amide bonds. The number of nitrogens with one attached hydrogen (secondary N) is 3. The van der Waals surface area contributed by atoms with Crippen molar-refractivity contribution in [2.24, 2.45) is 10.9 Å². The van der Waals surface area contributed by atoms with Gasteiger partial charge in [0.25, 0.3) is 0 Å². The molecular formula is C19H28N4O3S. The molecule has 148 valence electrons. The number of guanidine groups is 1. The minimum absolute atomic E-state index is 0.0179. The summed E-state index contributed by atoms with van der Waals surface area (Å²) in [6.45, 7) is 3.35. The van der Waals surface area contributed by atoms with Crippen LogP contribution >= 0.6 is 0 Å². The average molecular weight is 393 g/mol. The second kappa shape index (κ2) is 8.75. The molecule has 1 saturated carbocycles. The van der Waals surface area contributed by atoms with E-state index >= 15 is 0 Å². The molecule has 2 aromatic rings. The van der Waals surface area contributed by atoms with Crippen LogP contribution in [0.1, 0.15) is 30.6 Å². The van der Waals surface area contributed by atoms with Crippen LogP contribution in [-0.2, 0) is 16.6 Å². The Morgan fingerprint density at radius 3 is 2.70 bits per heavy atom. The first kappa shape index (κ1) is 19.7. The Morgan fingerprint density at radius 2 is 2.04 bits per heavy atom. The zero-order valence-corrected chi connectivity index (χ0v) is 16.7. The second-order valence-corrected chi connectivity index (χ2v) is 8.89. The third kappa shape index (κ3) is 5.23. The monoisotopic (exact) mass is 392 g/mol. The van der Waals surface area contributed by atoms with Gasteiger partial charge in [-0.3, -0.25) is 4.99 Å². The van der Waals surface area contributed by atoms with E-state index < -0.39 is 10.0 Å². The molecule has 8 heteroatoms. The first-order valence-electron chi connectivity index (χ1n) is 9.37. The fraction of sp³-hybridized carbons (Fsp3) is 0.526. The molecule has 1 fully saturated rings. The van der Waals surface area contributed by atoms with Gasteiger partial charge in [-0.25, -0.2) is 13.1 Å². The molecule has 0 bridgehead atoms. The molecule has 3 N–H and O–H groups in total. The van der Waals surface area contributed by atoms with Crippen molar-refractivity contribution in [3.63, 3.8) is 0 Å². The molecule has 0 unspecified atom stereocenters. The van der Waals surface area contributed by atoms with Crippen molar-refractivity contribution >= 4 is 27.0 Å². The zero-order chi connectivity index (χ0) is 19.3. The highest BCUT2D eigenvalue weighted by atomic mass is 32.2. The summed E-state index contributed by atoms with van der Waals surface area (Å²) >= 11 is 0. The Kier molecular flexibility index (Phi) is 6.38. The highest BCUT2D eigenvalue weighted by Gasteiger charge is 2.20. The van der Waals surface area contributed by atoms with Gasteiger partial charge in [0.15, 0.2) is 5.96 Å². The van der Waals surface area contributed by atoms with E-state index in [1.807, 2.05) is 31.2 Å². The van der Waals surface area contributed by atoms with E-state index in [2.05, 4.69) is 20.3 Å². The van der Waals surface area contributed by atoms with Crippen molar-refractivity contribution in [2.45, 2.75) is 32.7 Å². The summed E-state index contributed by atoms with van der Waals surface area (Å²) in [5.74, 6) is 1.91. The van der Waals surface area contributed by atoms with Crippen LogP contribution in [0.3, 0.4) is 0 Å². The van der Waals surface area contributed by atoms with Gasteiger partial charge < -0.3 is 15.1 Å². The van der Waals surface area contributed by atoms with Crippen molar-refractivity contribution in [2.75, 3.05) is 25.9 Å². The van der Waals surface area contributed by atoms with Gasteiger partial charge in [0, 0.05) is 31.1 Å². The maximum atomic E-state index is 12.0. The predicted octanol–water partition coefficient (Wildman–Crippen LogP) is 2.13. The number of furan rings is 1. The first-order valence-corrected chi connectivity index (χ1v) is 11.0. The zero-order valence-electron chi connectivity index (χ0n) is 15.9. The normalized spacial score (nSPS) is 15.7. The van der Waals surface area contributed by atoms with Crippen LogP contribution in [-0.4, -0.2) is 40.3 Å². The van der Waals surface area contributed by atoms with Crippen LogP contribution in [0.2, 0.25) is 0 Å². The number of hydrogen-bond donors (Lipinski definition) is 3. The summed E-state index contributed by atoms with van der Waals surface area (Å²) in [5.41, 5.74) is 1.95. The standard InChI is InChI=1S/C19H28N4O3S/c1-14-16-8-3-4-9-17(16)26-18(14)13-22-19(20-2)21-10-11-27(24,25)23-12-15-6-5-7-15/h3-4,8-9,15,23H,5-7,10-13H2,1-2H3,(H2,20,21,22). The number of sulfonamides is 1. The van der Waals surface area contributed by atoms with Gasteiger partial charge in [-0.05, 0) is 31.7 Å². The van der Waals surface area contributed by atoms with Gasteiger partial charge in [-0.15, -0.1) is 0 Å². The minimum atomic E-state index is -3.26. The third-order valence-electron chi connectivity index (χ3n) is 5.06. The average Bonchev–Trinajstić information content (AvgIpc) is 2.93. The fourth-order valence-electron chi connectivity index (χ4n) is 3.10. The molecule has 27 heavy (non-hydrogen) atoms. The summed E-state index contributed by atoms with van der Waals surface area (Å²) in [6, 6.07) is 7.91. The number of rotatable bonds is 8. The van der Waals surface area contributed by atoms with Gasteiger partial charge in [-0.1, -0.05) is 24.6 Å². The number of nitrogens with zero attached hydrogens (tertiary/aromatic N) is 1. The third-order valence-corrected chi connectivity index (χ3v) is 6.41. The molecule has 1 aliphatic carbocycles. The van der Waals surface area contributed by atoms with Crippen LogP contribution < -0.4 is 15.4 Å². The summed E-state index contributed by atoms with van der Waals surface area (Å²) in [4.78, 5) is 4.14. The Balaban J connectivity index is 1.45. The molecular weight excluding hydrogens is 364 g/mol. The number of fused-ring (bicyclic) bond motifs is 1. The van der Waals surface area contributed by atoms with Gasteiger partial charge in [-0.2, -0.15) is 0 Å². The van der Waals surface area contributed by atoms with E-state index in [9.17, 15) is 8.42 Å². The maximum Gasteiger partial charge on any atom is 0.213 e. The highest BCUT2D eigenvalue weighted by Crippen LogP contribution is 2.25. The van der Waals surface area contributed by atoms with E-state index in [0.717, 1.165) is 35.1 Å². The smallest absolute Gasteiger partial charge is 0.213 e. The molecule has 1 aromatic carbocycles.